The van der Waals surface area contributed by atoms with Crippen LogP contribution in [0.15, 0.2) is 0 Å². The van der Waals surface area contributed by atoms with Crippen molar-refractivity contribution in [2.75, 3.05) is 13.1 Å². The van der Waals surface area contributed by atoms with E-state index in [0.29, 0.717) is 5.41 Å². The Balaban J connectivity index is 2.26. The van der Waals surface area contributed by atoms with E-state index in [-0.39, 0.29) is 5.54 Å². The Hall–Kier alpha value is -0.0800. The number of rotatable bonds is 4. The lowest BCUT2D eigenvalue weighted by Crippen LogP contribution is -2.67. The predicted octanol–water partition coefficient (Wildman–Crippen LogP) is 3.94. The van der Waals surface area contributed by atoms with Gasteiger partial charge in [-0.1, -0.05) is 46.5 Å². The molecular weight excluding hydrogens is 232 g/mol. The Morgan fingerprint density at radius 2 is 1.84 bits per heavy atom. The van der Waals surface area contributed by atoms with Crippen LogP contribution >= 0.6 is 0 Å². The predicted molar refractivity (Wildman–Crippen MR) is 83.3 cm³/mol. The molecule has 2 rings (SSSR count). The van der Waals surface area contributed by atoms with Crippen molar-refractivity contribution in [2.45, 2.75) is 90.1 Å². The maximum Gasteiger partial charge on any atom is 0.0385 e. The average molecular weight is 266 g/mol. The van der Waals surface area contributed by atoms with Gasteiger partial charge in [0.1, 0.15) is 0 Å². The fourth-order valence-electron chi connectivity index (χ4n) is 4.78. The molecule has 2 aliphatic rings. The minimum Gasteiger partial charge on any atom is -0.329 e. The number of nitrogens with two attached hydrogens (primary N) is 1. The maximum atomic E-state index is 6.36. The number of nitrogens with zero attached hydrogens (tertiary/aromatic N) is 1. The zero-order chi connectivity index (χ0) is 13.9. The van der Waals surface area contributed by atoms with Crippen LogP contribution in [0.4, 0.5) is 0 Å². The summed E-state index contributed by atoms with van der Waals surface area (Å²) in [6, 6.07) is 0.791. The van der Waals surface area contributed by atoms with Gasteiger partial charge < -0.3 is 5.73 Å². The van der Waals surface area contributed by atoms with Gasteiger partial charge in [-0.25, -0.2) is 0 Å². The first-order valence-electron chi connectivity index (χ1n) is 8.54. The van der Waals surface area contributed by atoms with Crippen molar-refractivity contribution in [1.82, 2.24) is 4.90 Å². The third-order valence-corrected chi connectivity index (χ3v) is 6.04. The Bertz CT molecular complexity index is 285. The number of likely N-dealkylation sites (tertiary alicyclic amines) is 1. The molecule has 19 heavy (non-hydrogen) atoms. The summed E-state index contributed by atoms with van der Waals surface area (Å²) in [4.78, 5) is 2.86. The Morgan fingerprint density at radius 1 is 1.11 bits per heavy atom. The summed E-state index contributed by atoms with van der Waals surface area (Å²) in [5.74, 6) is 0. The zero-order valence-corrected chi connectivity index (χ0v) is 13.4. The molecule has 0 aromatic carbocycles. The molecule has 2 fully saturated rings. The second-order valence-electron chi connectivity index (χ2n) is 7.46. The van der Waals surface area contributed by atoms with E-state index in [1.807, 2.05) is 0 Å². The lowest BCUT2D eigenvalue weighted by Gasteiger charge is -2.59. The van der Waals surface area contributed by atoms with E-state index < -0.39 is 0 Å². The summed E-state index contributed by atoms with van der Waals surface area (Å²) in [5, 5.41) is 0. The third-order valence-electron chi connectivity index (χ3n) is 6.04. The molecule has 1 saturated heterocycles. The lowest BCUT2D eigenvalue weighted by molar-refractivity contribution is -0.0818. The van der Waals surface area contributed by atoms with Crippen molar-refractivity contribution in [1.29, 1.82) is 0 Å². The van der Waals surface area contributed by atoms with Gasteiger partial charge in [-0.05, 0) is 44.1 Å². The van der Waals surface area contributed by atoms with E-state index in [0.717, 1.165) is 12.6 Å². The summed E-state index contributed by atoms with van der Waals surface area (Å²) in [6.45, 7) is 9.40. The van der Waals surface area contributed by atoms with E-state index in [1.165, 1.54) is 64.3 Å². The van der Waals surface area contributed by atoms with Crippen molar-refractivity contribution in [2.24, 2.45) is 11.1 Å². The van der Waals surface area contributed by atoms with Crippen LogP contribution in [0, 0.1) is 5.41 Å². The minimum absolute atomic E-state index is 0.269. The van der Waals surface area contributed by atoms with Crippen molar-refractivity contribution in [3.8, 4) is 0 Å². The monoisotopic (exact) mass is 266 g/mol. The highest BCUT2D eigenvalue weighted by Gasteiger charge is 2.51. The number of hydrogen-bond donors (Lipinski definition) is 1. The summed E-state index contributed by atoms with van der Waals surface area (Å²) >= 11 is 0. The molecule has 2 atom stereocenters. The second-order valence-corrected chi connectivity index (χ2v) is 7.46. The largest absolute Gasteiger partial charge is 0.329 e. The van der Waals surface area contributed by atoms with Gasteiger partial charge in [-0.2, -0.15) is 0 Å². The summed E-state index contributed by atoms with van der Waals surface area (Å²) in [6.07, 6.45) is 12.3. The van der Waals surface area contributed by atoms with Crippen molar-refractivity contribution in [3.05, 3.63) is 0 Å². The van der Waals surface area contributed by atoms with E-state index in [9.17, 15) is 0 Å². The third kappa shape index (κ3) is 2.71. The van der Waals surface area contributed by atoms with E-state index in [1.54, 1.807) is 0 Å². The highest BCUT2D eigenvalue weighted by Crippen LogP contribution is 2.49. The van der Waals surface area contributed by atoms with Crippen LogP contribution in [0.5, 0.6) is 0 Å². The molecule has 0 spiro atoms. The average Bonchev–Trinajstić information content (AvgIpc) is 2.40. The normalized spacial score (nSPS) is 36.3. The smallest absolute Gasteiger partial charge is 0.0385 e. The van der Waals surface area contributed by atoms with Gasteiger partial charge in [0, 0.05) is 18.1 Å². The van der Waals surface area contributed by atoms with Gasteiger partial charge in [0.15, 0.2) is 0 Å². The van der Waals surface area contributed by atoms with Crippen molar-refractivity contribution < 1.29 is 0 Å². The molecule has 2 N–H and O–H groups in total. The van der Waals surface area contributed by atoms with E-state index >= 15 is 0 Å². The van der Waals surface area contributed by atoms with Gasteiger partial charge in [-0.15, -0.1) is 0 Å². The van der Waals surface area contributed by atoms with Gasteiger partial charge >= 0.3 is 0 Å². The van der Waals surface area contributed by atoms with Crippen molar-refractivity contribution in [3.63, 3.8) is 0 Å². The molecular formula is C17H34N2. The molecule has 0 bridgehead atoms. The van der Waals surface area contributed by atoms with Gasteiger partial charge in [-0.3, -0.25) is 4.90 Å². The maximum absolute atomic E-state index is 6.36. The molecule has 2 unspecified atom stereocenters. The van der Waals surface area contributed by atoms with Gasteiger partial charge in [0.25, 0.3) is 0 Å². The number of hydrogen-bond acceptors (Lipinski definition) is 2. The fourth-order valence-corrected chi connectivity index (χ4v) is 4.78. The highest BCUT2D eigenvalue weighted by atomic mass is 15.3. The zero-order valence-electron chi connectivity index (χ0n) is 13.4. The fraction of sp³-hybridized carbons (Fsp3) is 1.00. The molecule has 2 heteroatoms. The molecule has 0 aromatic rings. The summed E-state index contributed by atoms with van der Waals surface area (Å²) < 4.78 is 0. The van der Waals surface area contributed by atoms with Crippen LogP contribution in [0.2, 0.25) is 0 Å². The molecule has 1 aliphatic heterocycles. The topological polar surface area (TPSA) is 29.3 Å². The number of piperidine rings is 1. The van der Waals surface area contributed by atoms with E-state index in [2.05, 4.69) is 25.7 Å². The van der Waals surface area contributed by atoms with Crippen LogP contribution in [0.1, 0.15) is 78.6 Å². The first kappa shape index (κ1) is 15.3. The van der Waals surface area contributed by atoms with Crippen LogP contribution in [-0.2, 0) is 0 Å². The van der Waals surface area contributed by atoms with Crippen LogP contribution in [0.3, 0.4) is 0 Å². The van der Waals surface area contributed by atoms with Crippen LogP contribution < -0.4 is 5.73 Å². The Kier molecular flexibility index (Phi) is 4.94. The minimum atomic E-state index is 0.269. The van der Waals surface area contributed by atoms with Gasteiger partial charge in [0.05, 0.1) is 0 Å². The molecule has 1 heterocycles. The molecule has 0 amide bonds. The first-order chi connectivity index (χ1) is 9.07. The standard InChI is InChI=1S/C17H34N2/c1-4-9-15-10-5-8-13-19(15)17(14-18)12-7-6-11-16(17,2)3/h15H,4-14,18H2,1-3H3. The summed E-state index contributed by atoms with van der Waals surface area (Å²) in [7, 11) is 0. The second kappa shape index (κ2) is 6.13. The SMILES string of the molecule is CCCC1CCCCN1C1(CN)CCCCC1(C)C. The van der Waals surface area contributed by atoms with Crippen LogP contribution in [0.25, 0.3) is 0 Å². The quantitative estimate of drug-likeness (QED) is 0.835. The molecule has 112 valence electrons. The highest BCUT2D eigenvalue weighted by molar-refractivity contribution is 5.07. The Labute approximate surface area is 120 Å². The molecule has 0 radical (unpaired) electrons. The molecule has 1 saturated carbocycles. The Morgan fingerprint density at radius 3 is 2.47 bits per heavy atom. The lowest BCUT2D eigenvalue weighted by atomic mass is 9.61. The molecule has 0 aromatic heterocycles. The molecule has 2 nitrogen and oxygen atoms in total. The van der Waals surface area contributed by atoms with E-state index in [4.69, 9.17) is 5.73 Å². The van der Waals surface area contributed by atoms with Crippen molar-refractivity contribution >= 4 is 0 Å². The molecule has 1 aliphatic carbocycles. The first-order valence-corrected chi connectivity index (χ1v) is 8.54. The van der Waals surface area contributed by atoms with Gasteiger partial charge in [0.2, 0.25) is 0 Å². The summed E-state index contributed by atoms with van der Waals surface area (Å²) in [5.41, 5.74) is 7.01. The van der Waals surface area contributed by atoms with Crippen LogP contribution in [-0.4, -0.2) is 29.6 Å².